The van der Waals surface area contributed by atoms with Crippen molar-refractivity contribution in [2.45, 2.75) is 0 Å². The molecule has 0 spiro atoms. The van der Waals surface area contributed by atoms with E-state index >= 15 is 0 Å². The minimum atomic E-state index is 1.20. The van der Waals surface area contributed by atoms with Gasteiger partial charge < -0.3 is 4.57 Å². The maximum Gasteiger partial charge on any atom is 0.0522 e. The lowest BCUT2D eigenvalue weighted by Crippen LogP contribution is -1.87. The second kappa shape index (κ2) is 6.73. The molecule has 0 atom stereocenters. The first-order chi connectivity index (χ1) is 11.9. The Labute approximate surface area is 146 Å². The zero-order valence-corrected chi connectivity index (χ0v) is 14.0. The lowest BCUT2D eigenvalue weighted by atomic mass is 10.1. The van der Waals surface area contributed by atoms with Crippen molar-refractivity contribution >= 4 is 23.6 Å². The van der Waals surface area contributed by atoms with Crippen LogP contribution in [0.25, 0.3) is 34.0 Å². The topological polar surface area (TPSA) is 4.93 Å². The summed E-state index contributed by atoms with van der Waals surface area (Å²) >= 11 is 1.81. The molecule has 0 unspecified atom stereocenters. The van der Waals surface area contributed by atoms with E-state index in [9.17, 15) is 0 Å². The lowest BCUT2D eigenvalue weighted by Gasteiger charge is -2.03. The molecule has 2 heterocycles. The average molecular weight is 327 g/mol. The monoisotopic (exact) mass is 327 g/mol. The van der Waals surface area contributed by atoms with E-state index in [1.165, 1.54) is 26.6 Å². The molecule has 2 heteroatoms. The Morgan fingerprint density at radius 2 is 1.38 bits per heavy atom. The number of rotatable bonds is 4. The van der Waals surface area contributed by atoms with E-state index in [0.717, 1.165) is 0 Å². The Bertz CT molecular complexity index is 946. The second-order valence-electron chi connectivity index (χ2n) is 5.55. The van der Waals surface area contributed by atoms with Crippen molar-refractivity contribution in [3.8, 4) is 21.7 Å². The van der Waals surface area contributed by atoms with Crippen LogP contribution in [-0.4, -0.2) is 4.57 Å². The van der Waals surface area contributed by atoms with Crippen molar-refractivity contribution in [1.82, 2.24) is 4.57 Å². The standard InChI is InChI=1S/C22H17NS/c1-3-8-18(9-4-1)21-12-7-16-23(21)17-15-20-13-14-22(24-20)19-10-5-2-6-11-19/h1-17H/b17-15+. The van der Waals surface area contributed by atoms with Gasteiger partial charge in [-0.15, -0.1) is 11.3 Å². The smallest absolute Gasteiger partial charge is 0.0522 e. The van der Waals surface area contributed by atoms with Gasteiger partial charge in [-0.05, 0) is 41.5 Å². The largest absolute Gasteiger partial charge is 0.323 e. The summed E-state index contributed by atoms with van der Waals surface area (Å²) in [6, 6.07) is 29.6. The molecular weight excluding hydrogens is 310 g/mol. The van der Waals surface area contributed by atoms with E-state index < -0.39 is 0 Å². The predicted octanol–water partition coefficient (Wildman–Crippen LogP) is 6.51. The molecule has 0 saturated heterocycles. The number of nitrogens with zero attached hydrogens (tertiary/aromatic N) is 1. The van der Waals surface area contributed by atoms with E-state index in [0.29, 0.717) is 0 Å². The first-order valence-corrected chi connectivity index (χ1v) is 8.77. The van der Waals surface area contributed by atoms with Crippen molar-refractivity contribution < 1.29 is 0 Å². The van der Waals surface area contributed by atoms with Crippen molar-refractivity contribution in [1.29, 1.82) is 0 Å². The van der Waals surface area contributed by atoms with Crippen LogP contribution in [0.3, 0.4) is 0 Å². The zero-order chi connectivity index (χ0) is 16.2. The van der Waals surface area contributed by atoms with Crippen molar-refractivity contribution in [2.75, 3.05) is 0 Å². The molecule has 1 nitrogen and oxygen atoms in total. The van der Waals surface area contributed by atoms with Gasteiger partial charge in [-0.2, -0.15) is 0 Å². The molecule has 0 fully saturated rings. The van der Waals surface area contributed by atoms with Gasteiger partial charge in [0.05, 0.1) is 5.69 Å². The van der Waals surface area contributed by atoms with Gasteiger partial charge in [-0.25, -0.2) is 0 Å². The minimum Gasteiger partial charge on any atom is -0.323 e. The van der Waals surface area contributed by atoms with Gasteiger partial charge in [-0.1, -0.05) is 60.7 Å². The highest BCUT2D eigenvalue weighted by atomic mass is 32.1. The molecule has 4 rings (SSSR count). The molecule has 4 aromatic rings. The highest BCUT2D eigenvalue weighted by molar-refractivity contribution is 7.16. The molecule has 116 valence electrons. The summed E-state index contributed by atoms with van der Waals surface area (Å²) in [7, 11) is 0. The van der Waals surface area contributed by atoms with Gasteiger partial charge >= 0.3 is 0 Å². The number of aromatic nitrogens is 1. The van der Waals surface area contributed by atoms with Crippen LogP contribution in [0, 0.1) is 0 Å². The molecular formula is C22H17NS. The maximum absolute atomic E-state index is 2.19. The van der Waals surface area contributed by atoms with E-state index in [1.807, 2.05) is 17.4 Å². The summed E-state index contributed by atoms with van der Waals surface area (Å²) in [5.74, 6) is 0. The lowest BCUT2D eigenvalue weighted by molar-refractivity contribution is 1.18. The number of hydrogen-bond donors (Lipinski definition) is 0. The third-order valence-corrected chi connectivity index (χ3v) is 5.03. The zero-order valence-electron chi connectivity index (χ0n) is 13.2. The van der Waals surface area contributed by atoms with Crippen LogP contribution in [-0.2, 0) is 0 Å². The molecule has 0 N–H and O–H groups in total. The number of benzene rings is 2. The third kappa shape index (κ3) is 3.10. The van der Waals surface area contributed by atoms with Gasteiger partial charge in [0.1, 0.15) is 0 Å². The maximum atomic E-state index is 2.19. The normalized spacial score (nSPS) is 11.2. The van der Waals surface area contributed by atoms with Gasteiger partial charge in [0.25, 0.3) is 0 Å². The van der Waals surface area contributed by atoms with Crippen molar-refractivity contribution in [2.24, 2.45) is 0 Å². The Hall–Kier alpha value is -2.84. The molecule has 0 aliphatic carbocycles. The predicted molar refractivity (Wildman–Crippen MR) is 105 cm³/mol. The molecule has 2 aromatic carbocycles. The summed E-state index contributed by atoms with van der Waals surface area (Å²) in [6.45, 7) is 0. The molecule has 0 radical (unpaired) electrons. The summed E-state index contributed by atoms with van der Waals surface area (Å²) in [6.07, 6.45) is 6.39. The van der Waals surface area contributed by atoms with Crippen LogP contribution in [0.1, 0.15) is 4.88 Å². The Morgan fingerprint density at radius 3 is 2.12 bits per heavy atom. The molecule has 0 saturated carbocycles. The van der Waals surface area contributed by atoms with Crippen LogP contribution in [0.15, 0.2) is 91.1 Å². The van der Waals surface area contributed by atoms with Crippen LogP contribution in [0.2, 0.25) is 0 Å². The Kier molecular flexibility index (Phi) is 4.13. The highest BCUT2D eigenvalue weighted by Gasteiger charge is 2.02. The van der Waals surface area contributed by atoms with E-state index in [-0.39, 0.29) is 0 Å². The van der Waals surface area contributed by atoms with Crippen molar-refractivity contribution in [3.05, 3.63) is 96.0 Å². The first kappa shape index (κ1) is 14.7. The van der Waals surface area contributed by atoms with Crippen LogP contribution >= 0.6 is 11.3 Å². The molecule has 0 amide bonds. The van der Waals surface area contributed by atoms with Gasteiger partial charge in [0, 0.05) is 22.2 Å². The molecule has 0 aliphatic rings. The molecule has 0 aliphatic heterocycles. The number of hydrogen-bond acceptors (Lipinski definition) is 1. The SMILES string of the molecule is C(=C\n1cccc1-c1ccccc1)/c1ccc(-c2ccccc2)s1. The van der Waals surface area contributed by atoms with Crippen LogP contribution < -0.4 is 0 Å². The van der Waals surface area contributed by atoms with E-state index in [4.69, 9.17) is 0 Å². The van der Waals surface area contributed by atoms with Gasteiger partial charge in [0.15, 0.2) is 0 Å². The quantitative estimate of drug-likeness (QED) is 0.402. The molecule has 0 bridgehead atoms. The first-order valence-electron chi connectivity index (χ1n) is 7.96. The fourth-order valence-electron chi connectivity index (χ4n) is 2.73. The summed E-state index contributed by atoms with van der Waals surface area (Å²) in [5, 5.41) is 0. The van der Waals surface area contributed by atoms with E-state index in [1.54, 1.807) is 0 Å². The van der Waals surface area contributed by atoms with Crippen molar-refractivity contribution in [3.63, 3.8) is 0 Å². The van der Waals surface area contributed by atoms with E-state index in [2.05, 4.69) is 102 Å². The summed E-state index contributed by atoms with van der Waals surface area (Å²) in [4.78, 5) is 2.55. The minimum absolute atomic E-state index is 1.20. The summed E-state index contributed by atoms with van der Waals surface area (Å²) in [5.41, 5.74) is 3.70. The van der Waals surface area contributed by atoms with Crippen LogP contribution in [0.4, 0.5) is 0 Å². The molecule has 24 heavy (non-hydrogen) atoms. The van der Waals surface area contributed by atoms with Gasteiger partial charge in [-0.3, -0.25) is 0 Å². The fourth-order valence-corrected chi connectivity index (χ4v) is 3.64. The highest BCUT2D eigenvalue weighted by Crippen LogP contribution is 2.29. The number of thiophene rings is 1. The second-order valence-corrected chi connectivity index (χ2v) is 6.67. The third-order valence-electron chi connectivity index (χ3n) is 3.93. The average Bonchev–Trinajstić information content (AvgIpc) is 3.31. The fraction of sp³-hybridized carbons (Fsp3) is 0. The molecule has 2 aromatic heterocycles. The van der Waals surface area contributed by atoms with Crippen LogP contribution in [0.5, 0.6) is 0 Å². The Balaban J connectivity index is 1.59. The Morgan fingerprint density at radius 1 is 0.667 bits per heavy atom. The summed E-state index contributed by atoms with van der Waals surface area (Å²) < 4.78 is 2.16. The van der Waals surface area contributed by atoms with Gasteiger partial charge in [0.2, 0.25) is 0 Å².